The topological polar surface area (TPSA) is 81.1 Å². The number of nitrogens with one attached hydrogen (secondary N) is 1. The van der Waals surface area contributed by atoms with Crippen LogP contribution in [0.1, 0.15) is 21.9 Å². The van der Waals surface area contributed by atoms with Gasteiger partial charge in [0.15, 0.2) is 11.6 Å². The molecule has 0 spiro atoms. The Balaban J connectivity index is 1.95. The van der Waals surface area contributed by atoms with Crippen LogP contribution >= 0.6 is 23.2 Å². The van der Waals surface area contributed by atoms with E-state index in [-0.39, 0.29) is 11.6 Å². The number of benzene rings is 1. The van der Waals surface area contributed by atoms with Crippen LogP contribution in [0, 0.1) is 0 Å². The van der Waals surface area contributed by atoms with Gasteiger partial charge in [-0.3, -0.25) is 4.79 Å². The van der Waals surface area contributed by atoms with E-state index in [4.69, 9.17) is 33.4 Å². The molecule has 5 nitrogen and oxygen atoms in total. The van der Waals surface area contributed by atoms with E-state index in [1.165, 1.54) is 6.26 Å². The summed E-state index contributed by atoms with van der Waals surface area (Å²) in [6.07, 6.45) is 1.81. The van der Waals surface area contributed by atoms with E-state index in [1.54, 1.807) is 18.2 Å². The van der Waals surface area contributed by atoms with Gasteiger partial charge in [-0.15, -0.1) is 0 Å². The zero-order valence-corrected chi connectivity index (χ0v) is 12.0. The molecule has 0 saturated heterocycles. The van der Waals surface area contributed by atoms with Crippen molar-refractivity contribution in [2.45, 2.75) is 13.0 Å². The summed E-state index contributed by atoms with van der Waals surface area (Å²) in [6.45, 7) is 0.750. The van der Waals surface area contributed by atoms with E-state index in [0.29, 0.717) is 35.4 Å². The minimum absolute atomic E-state index is 0.230. The maximum absolute atomic E-state index is 11.9. The van der Waals surface area contributed by atoms with E-state index >= 15 is 0 Å². The highest BCUT2D eigenvalue weighted by atomic mass is 35.5. The lowest BCUT2D eigenvalue weighted by molar-refractivity contribution is 0.0946. The summed E-state index contributed by atoms with van der Waals surface area (Å²) in [5.41, 5.74) is 6.46. The average molecular weight is 314 g/mol. The van der Waals surface area contributed by atoms with Gasteiger partial charge in [0, 0.05) is 19.5 Å². The van der Waals surface area contributed by atoms with Crippen molar-refractivity contribution in [2.24, 2.45) is 5.73 Å². The Labute approximate surface area is 126 Å². The standard InChI is InChI=1S/C13H13Cl2N3O2/c14-9-2-1-8(5-10(9)15)6-17-13(19)11-7-20-12(18-11)3-4-16/h1-2,5,7H,3-4,6,16H2,(H,17,19). The monoisotopic (exact) mass is 313 g/mol. The summed E-state index contributed by atoms with van der Waals surface area (Å²) in [5.74, 6) is 0.135. The Morgan fingerprint density at radius 3 is 2.85 bits per heavy atom. The number of nitrogens with zero attached hydrogens (tertiary/aromatic N) is 1. The van der Waals surface area contributed by atoms with Crippen molar-refractivity contribution in [1.82, 2.24) is 10.3 Å². The van der Waals surface area contributed by atoms with E-state index in [2.05, 4.69) is 10.3 Å². The number of amides is 1. The fraction of sp³-hybridized carbons (Fsp3) is 0.231. The molecule has 0 saturated carbocycles. The third-order valence-corrected chi connectivity index (χ3v) is 3.32. The van der Waals surface area contributed by atoms with Gasteiger partial charge in [-0.1, -0.05) is 29.3 Å². The number of nitrogens with two attached hydrogens (primary N) is 1. The van der Waals surface area contributed by atoms with Crippen LogP contribution in [0.4, 0.5) is 0 Å². The van der Waals surface area contributed by atoms with Crippen molar-refractivity contribution in [1.29, 1.82) is 0 Å². The van der Waals surface area contributed by atoms with Crippen LogP contribution in [-0.2, 0) is 13.0 Å². The number of carbonyl (C=O) groups excluding carboxylic acids is 1. The van der Waals surface area contributed by atoms with E-state index in [9.17, 15) is 4.79 Å². The van der Waals surface area contributed by atoms with E-state index in [0.717, 1.165) is 5.56 Å². The highest BCUT2D eigenvalue weighted by Gasteiger charge is 2.11. The van der Waals surface area contributed by atoms with E-state index in [1.807, 2.05) is 0 Å². The Morgan fingerprint density at radius 1 is 1.35 bits per heavy atom. The molecular weight excluding hydrogens is 301 g/mol. The molecule has 3 N–H and O–H groups in total. The number of rotatable bonds is 5. The van der Waals surface area contributed by atoms with Crippen LogP contribution in [0.3, 0.4) is 0 Å². The number of hydrogen-bond acceptors (Lipinski definition) is 4. The highest BCUT2D eigenvalue weighted by molar-refractivity contribution is 6.42. The van der Waals surface area contributed by atoms with Gasteiger partial charge in [-0.05, 0) is 17.7 Å². The van der Waals surface area contributed by atoms with Crippen LogP contribution in [0.25, 0.3) is 0 Å². The predicted octanol–water partition coefficient (Wildman–Crippen LogP) is 2.41. The van der Waals surface area contributed by atoms with Crippen molar-refractivity contribution < 1.29 is 9.21 Å². The van der Waals surface area contributed by atoms with Gasteiger partial charge in [0.25, 0.3) is 5.91 Å². The quantitative estimate of drug-likeness (QED) is 0.888. The minimum Gasteiger partial charge on any atom is -0.448 e. The molecule has 0 aliphatic heterocycles. The zero-order chi connectivity index (χ0) is 14.5. The lowest BCUT2D eigenvalue weighted by Crippen LogP contribution is -2.23. The third-order valence-electron chi connectivity index (χ3n) is 2.58. The summed E-state index contributed by atoms with van der Waals surface area (Å²) < 4.78 is 5.12. The molecule has 7 heteroatoms. The minimum atomic E-state index is -0.317. The Bertz CT molecular complexity index is 613. The van der Waals surface area contributed by atoms with E-state index < -0.39 is 0 Å². The van der Waals surface area contributed by atoms with Crippen LogP contribution in [0.2, 0.25) is 10.0 Å². The molecule has 0 bridgehead atoms. The Kier molecular flexibility index (Phi) is 5.00. The first-order chi connectivity index (χ1) is 9.60. The number of hydrogen-bond donors (Lipinski definition) is 2. The van der Waals surface area contributed by atoms with Crippen LogP contribution in [0.5, 0.6) is 0 Å². The van der Waals surface area contributed by atoms with Gasteiger partial charge in [0.05, 0.1) is 10.0 Å². The lowest BCUT2D eigenvalue weighted by atomic mass is 10.2. The molecule has 0 aliphatic carbocycles. The molecule has 1 heterocycles. The maximum atomic E-state index is 11.9. The van der Waals surface area contributed by atoms with Crippen molar-refractivity contribution in [3.63, 3.8) is 0 Å². The van der Waals surface area contributed by atoms with Gasteiger partial charge < -0.3 is 15.5 Å². The van der Waals surface area contributed by atoms with Gasteiger partial charge >= 0.3 is 0 Å². The molecule has 0 unspecified atom stereocenters. The number of halogens is 2. The summed E-state index contributed by atoms with van der Waals surface area (Å²) in [4.78, 5) is 15.9. The Hall–Kier alpha value is -1.56. The second-order valence-corrected chi connectivity index (χ2v) is 4.91. The lowest BCUT2D eigenvalue weighted by Gasteiger charge is -2.04. The molecule has 0 aliphatic rings. The molecule has 106 valence electrons. The van der Waals surface area contributed by atoms with Gasteiger partial charge in [0.1, 0.15) is 6.26 Å². The molecule has 20 heavy (non-hydrogen) atoms. The van der Waals surface area contributed by atoms with Gasteiger partial charge in [-0.25, -0.2) is 4.98 Å². The predicted molar refractivity (Wildman–Crippen MR) is 76.9 cm³/mol. The fourth-order valence-corrected chi connectivity index (χ4v) is 1.90. The van der Waals surface area contributed by atoms with Crippen LogP contribution < -0.4 is 11.1 Å². The third kappa shape index (κ3) is 3.72. The fourth-order valence-electron chi connectivity index (χ4n) is 1.58. The first-order valence-corrected chi connectivity index (χ1v) is 6.72. The second kappa shape index (κ2) is 6.74. The largest absolute Gasteiger partial charge is 0.448 e. The first kappa shape index (κ1) is 14.8. The molecule has 0 radical (unpaired) electrons. The normalized spacial score (nSPS) is 10.6. The Morgan fingerprint density at radius 2 is 2.15 bits per heavy atom. The van der Waals surface area contributed by atoms with Gasteiger partial charge in [-0.2, -0.15) is 0 Å². The average Bonchev–Trinajstić information content (AvgIpc) is 2.89. The molecule has 2 rings (SSSR count). The number of carbonyl (C=O) groups is 1. The summed E-state index contributed by atoms with van der Waals surface area (Å²) in [5, 5.41) is 3.65. The summed E-state index contributed by atoms with van der Waals surface area (Å²) in [6, 6.07) is 5.17. The molecule has 0 fully saturated rings. The van der Waals surface area contributed by atoms with Gasteiger partial charge in [0.2, 0.25) is 0 Å². The molecule has 0 atom stereocenters. The summed E-state index contributed by atoms with van der Waals surface area (Å²) in [7, 11) is 0. The van der Waals surface area contributed by atoms with Crippen molar-refractivity contribution in [3.05, 3.63) is 51.7 Å². The zero-order valence-electron chi connectivity index (χ0n) is 10.5. The molecule has 2 aromatic rings. The summed E-state index contributed by atoms with van der Waals surface area (Å²) >= 11 is 11.7. The van der Waals surface area contributed by atoms with Crippen molar-refractivity contribution >= 4 is 29.1 Å². The SMILES string of the molecule is NCCc1nc(C(=O)NCc2ccc(Cl)c(Cl)c2)co1. The molecule has 1 amide bonds. The van der Waals surface area contributed by atoms with Crippen molar-refractivity contribution in [3.8, 4) is 0 Å². The smallest absolute Gasteiger partial charge is 0.273 e. The van der Waals surface area contributed by atoms with Crippen LogP contribution in [0.15, 0.2) is 28.9 Å². The molecular formula is C13H13Cl2N3O2. The van der Waals surface area contributed by atoms with Crippen LogP contribution in [-0.4, -0.2) is 17.4 Å². The molecule has 1 aromatic heterocycles. The second-order valence-electron chi connectivity index (χ2n) is 4.10. The number of oxazole rings is 1. The maximum Gasteiger partial charge on any atom is 0.273 e. The van der Waals surface area contributed by atoms with Crippen molar-refractivity contribution in [2.75, 3.05) is 6.54 Å². The molecule has 1 aromatic carbocycles. The number of aromatic nitrogens is 1. The first-order valence-electron chi connectivity index (χ1n) is 5.96. The highest BCUT2D eigenvalue weighted by Crippen LogP contribution is 2.22.